The lowest BCUT2D eigenvalue weighted by Gasteiger charge is -2.14. The summed E-state index contributed by atoms with van der Waals surface area (Å²) in [5.74, 6) is -3.10. The third-order valence-electron chi connectivity index (χ3n) is 4.49. The van der Waals surface area contributed by atoms with Crippen LogP contribution < -0.4 is 0 Å². The van der Waals surface area contributed by atoms with E-state index in [0.29, 0.717) is 12.8 Å². The highest BCUT2D eigenvalue weighted by molar-refractivity contribution is 6.09. The maximum absolute atomic E-state index is 12.6. The lowest BCUT2D eigenvalue weighted by molar-refractivity contribution is -0.150. The number of esters is 2. The van der Waals surface area contributed by atoms with Crippen molar-refractivity contribution in [3.05, 3.63) is 48.8 Å². The van der Waals surface area contributed by atoms with Gasteiger partial charge in [0.05, 0.1) is 27.4 Å². The van der Waals surface area contributed by atoms with Crippen LogP contribution in [0, 0.1) is 5.92 Å². The number of ketones is 1. The summed E-state index contributed by atoms with van der Waals surface area (Å²) in [7, 11) is 3.71. The second kappa shape index (κ2) is 18.4. The lowest BCUT2D eigenvalue weighted by atomic mass is 9.94. The van der Waals surface area contributed by atoms with Crippen LogP contribution in [0.25, 0.3) is 0 Å². The molecule has 0 heterocycles. The number of hydrogen-bond donors (Lipinski definition) is 0. The first-order chi connectivity index (χ1) is 14.5. The Hall–Kier alpha value is -2.63. The summed E-state index contributed by atoms with van der Waals surface area (Å²) < 4.78 is 14.2. The number of rotatable bonds is 17. The quantitative estimate of drug-likeness (QED) is 0.0835. The van der Waals surface area contributed by atoms with E-state index in [0.717, 1.165) is 51.0 Å². The van der Waals surface area contributed by atoms with Crippen molar-refractivity contribution in [3.63, 3.8) is 0 Å². The topological polar surface area (TPSA) is 78.9 Å². The minimum absolute atomic E-state index is 0.205. The first-order valence-corrected chi connectivity index (χ1v) is 10.4. The van der Waals surface area contributed by atoms with E-state index in [-0.39, 0.29) is 5.76 Å². The van der Waals surface area contributed by atoms with Crippen LogP contribution in [-0.2, 0) is 28.6 Å². The average molecular weight is 421 g/mol. The lowest BCUT2D eigenvalue weighted by Crippen LogP contribution is -2.27. The van der Waals surface area contributed by atoms with Crippen LogP contribution in [0.3, 0.4) is 0 Å². The Morgan fingerprint density at radius 2 is 1.43 bits per heavy atom. The van der Waals surface area contributed by atoms with Gasteiger partial charge in [-0.3, -0.25) is 9.59 Å². The van der Waals surface area contributed by atoms with Gasteiger partial charge in [0.15, 0.2) is 5.76 Å². The molecule has 0 bridgehead atoms. The highest BCUT2D eigenvalue weighted by Crippen LogP contribution is 2.19. The largest absolute Gasteiger partial charge is 0.493 e. The van der Waals surface area contributed by atoms with Crippen molar-refractivity contribution in [2.24, 2.45) is 5.92 Å². The fourth-order valence-electron chi connectivity index (χ4n) is 2.79. The number of hydrogen-bond acceptors (Lipinski definition) is 6. The molecule has 0 aromatic rings. The summed E-state index contributed by atoms with van der Waals surface area (Å²) in [6.07, 6.45) is 19.5. The number of carbonyl (C=O) groups is 3. The number of methoxy groups -OCH3 is 3. The fourth-order valence-corrected chi connectivity index (χ4v) is 2.79. The van der Waals surface area contributed by atoms with Crippen LogP contribution >= 0.6 is 0 Å². The molecule has 0 rings (SSSR count). The molecule has 0 aliphatic heterocycles. The Balaban J connectivity index is 4.28. The highest BCUT2D eigenvalue weighted by Gasteiger charge is 2.30. The van der Waals surface area contributed by atoms with Crippen LogP contribution in [0.2, 0.25) is 0 Å². The zero-order valence-electron chi connectivity index (χ0n) is 18.6. The van der Waals surface area contributed by atoms with E-state index in [1.54, 1.807) is 0 Å². The van der Waals surface area contributed by atoms with Crippen molar-refractivity contribution < 1.29 is 28.6 Å². The Morgan fingerprint density at radius 1 is 0.800 bits per heavy atom. The Labute approximate surface area is 180 Å². The van der Waals surface area contributed by atoms with E-state index in [2.05, 4.69) is 35.6 Å². The Morgan fingerprint density at radius 3 is 2.07 bits per heavy atom. The second-order valence-electron chi connectivity index (χ2n) is 6.72. The summed E-state index contributed by atoms with van der Waals surface area (Å²) in [5.41, 5.74) is 0. The molecule has 0 radical (unpaired) electrons. The first kappa shape index (κ1) is 27.4. The van der Waals surface area contributed by atoms with Crippen molar-refractivity contribution in [1.29, 1.82) is 0 Å². The standard InChI is InChI=1S/C24H36O6/c1-5-6-7-8-9-10-11-12-13-14-15-16-17-18-20(24(27)30-4)23(26)21(28-2)19-22(25)29-3/h5,7-8,10-11,19-20H,1,6,9,12-18H2,2-4H3/b8-7+,11-10+,21-19+. The summed E-state index contributed by atoms with van der Waals surface area (Å²) >= 11 is 0. The van der Waals surface area contributed by atoms with Gasteiger partial charge in [0.25, 0.3) is 0 Å². The highest BCUT2D eigenvalue weighted by atomic mass is 16.5. The van der Waals surface area contributed by atoms with Crippen molar-refractivity contribution >= 4 is 17.7 Å². The molecule has 0 aromatic carbocycles. The van der Waals surface area contributed by atoms with E-state index in [1.807, 2.05) is 6.08 Å². The molecule has 0 aliphatic rings. The molecule has 0 fully saturated rings. The first-order valence-electron chi connectivity index (χ1n) is 10.4. The molecular formula is C24H36O6. The Bertz CT molecular complexity index is 615. The number of unbranched alkanes of at least 4 members (excludes halogenated alkanes) is 5. The zero-order chi connectivity index (χ0) is 22.6. The molecule has 0 amide bonds. The van der Waals surface area contributed by atoms with Gasteiger partial charge in [-0.1, -0.05) is 56.1 Å². The van der Waals surface area contributed by atoms with E-state index in [9.17, 15) is 14.4 Å². The summed E-state index contributed by atoms with van der Waals surface area (Å²) in [6.45, 7) is 3.67. The molecule has 0 aromatic heterocycles. The molecule has 0 spiro atoms. The zero-order valence-corrected chi connectivity index (χ0v) is 18.6. The van der Waals surface area contributed by atoms with E-state index in [1.165, 1.54) is 21.3 Å². The van der Waals surface area contributed by atoms with Crippen molar-refractivity contribution in [3.8, 4) is 0 Å². The van der Waals surface area contributed by atoms with Gasteiger partial charge >= 0.3 is 11.9 Å². The summed E-state index contributed by atoms with van der Waals surface area (Å²) in [4.78, 5) is 36.0. The van der Waals surface area contributed by atoms with E-state index in [4.69, 9.17) is 9.47 Å². The normalized spacial score (nSPS) is 12.7. The number of carbonyl (C=O) groups excluding carboxylic acids is 3. The van der Waals surface area contributed by atoms with E-state index >= 15 is 0 Å². The molecule has 0 aliphatic carbocycles. The summed E-state index contributed by atoms with van der Waals surface area (Å²) in [6, 6.07) is 0. The molecule has 1 atom stereocenters. The maximum atomic E-state index is 12.6. The molecular weight excluding hydrogens is 384 g/mol. The number of ether oxygens (including phenoxy) is 3. The van der Waals surface area contributed by atoms with Crippen LogP contribution in [0.4, 0.5) is 0 Å². The maximum Gasteiger partial charge on any atom is 0.334 e. The molecule has 0 N–H and O–H groups in total. The molecule has 30 heavy (non-hydrogen) atoms. The van der Waals surface area contributed by atoms with E-state index < -0.39 is 23.6 Å². The predicted molar refractivity (Wildman–Crippen MR) is 118 cm³/mol. The molecule has 168 valence electrons. The fraction of sp³-hybridized carbons (Fsp3) is 0.542. The SMILES string of the molecule is C=CC/C=C/C/C=C/CCCCCCCC(C(=O)OC)C(=O)/C(=C\C(=O)OC)OC. The van der Waals surface area contributed by atoms with Gasteiger partial charge in [0.2, 0.25) is 5.78 Å². The monoisotopic (exact) mass is 420 g/mol. The van der Waals surface area contributed by atoms with Gasteiger partial charge in [-0.05, 0) is 32.1 Å². The minimum Gasteiger partial charge on any atom is -0.493 e. The van der Waals surface area contributed by atoms with Gasteiger partial charge < -0.3 is 14.2 Å². The molecule has 6 nitrogen and oxygen atoms in total. The predicted octanol–water partition coefficient (Wildman–Crippen LogP) is 4.86. The smallest absolute Gasteiger partial charge is 0.334 e. The molecule has 6 heteroatoms. The van der Waals surface area contributed by atoms with Crippen molar-refractivity contribution in [2.45, 2.75) is 57.8 Å². The third kappa shape index (κ3) is 12.8. The molecule has 1 unspecified atom stereocenters. The van der Waals surface area contributed by atoms with Crippen LogP contribution in [0.5, 0.6) is 0 Å². The van der Waals surface area contributed by atoms with Gasteiger partial charge in [-0.2, -0.15) is 0 Å². The van der Waals surface area contributed by atoms with Gasteiger partial charge in [0, 0.05) is 0 Å². The molecule has 0 saturated carbocycles. The minimum atomic E-state index is -0.983. The number of allylic oxidation sites excluding steroid dienone is 6. The van der Waals surface area contributed by atoms with Gasteiger partial charge in [-0.25, -0.2) is 4.79 Å². The van der Waals surface area contributed by atoms with Crippen LogP contribution in [-0.4, -0.2) is 39.1 Å². The van der Waals surface area contributed by atoms with Crippen molar-refractivity contribution in [1.82, 2.24) is 0 Å². The number of Topliss-reactive ketones (excluding diaryl/α,β-unsaturated/α-hetero) is 1. The Kier molecular flexibility index (Phi) is 16.8. The molecule has 0 saturated heterocycles. The second-order valence-corrected chi connectivity index (χ2v) is 6.72. The van der Waals surface area contributed by atoms with Crippen molar-refractivity contribution in [2.75, 3.05) is 21.3 Å². The summed E-state index contributed by atoms with van der Waals surface area (Å²) in [5, 5.41) is 0. The van der Waals surface area contributed by atoms with Crippen LogP contribution in [0.1, 0.15) is 57.8 Å². The van der Waals surface area contributed by atoms with Gasteiger partial charge in [-0.15, -0.1) is 6.58 Å². The van der Waals surface area contributed by atoms with Crippen LogP contribution in [0.15, 0.2) is 48.8 Å². The third-order valence-corrected chi connectivity index (χ3v) is 4.49. The average Bonchev–Trinajstić information content (AvgIpc) is 2.76. The van der Waals surface area contributed by atoms with Gasteiger partial charge in [0.1, 0.15) is 5.92 Å².